The average Bonchev–Trinajstić information content (AvgIpc) is 2.88. The Morgan fingerprint density at radius 1 is 1.23 bits per heavy atom. The number of hydrogen-bond acceptors (Lipinski definition) is 6. The van der Waals surface area contributed by atoms with Gasteiger partial charge < -0.3 is 10.5 Å². The molecule has 0 aliphatic carbocycles. The maximum Gasteiger partial charge on any atom is 0.224 e. The van der Waals surface area contributed by atoms with Crippen molar-refractivity contribution in [3.63, 3.8) is 0 Å². The van der Waals surface area contributed by atoms with Crippen molar-refractivity contribution in [3.8, 4) is 23.5 Å². The Balaban J connectivity index is 2.00. The second-order valence-corrected chi connectivity index (χ2v) is 4.49. The third kappa shape index (κ3) is 2.58. The van der Waals surface area contributed by atoms with Gasteiger partial charge >= 0.3 is 0 Å². The van der Waals surface area contributed by atoms with Crippen LogP contribution in [0.2, 0.25) is 0 Å². The van der Waals surface area contributed by atoms with Crippen LogP contribution in [-0.2, 0) is 0 Å². The molecule has 1 aromatic carbocycles. The summed E-state index contributed by atoms with van der Waals surface area (Å²) in [5.74, 6) is 2.22. The Hall–Kier alpha value is -3.40. The molecule has 3 aromatic rings. The minimum Gasteiger partial charge on any atom is -0.439 e. The van der Waals surface area contributed by atoms with Crippen molar-refractivity contribution in [1.29, 1.82) is 5.26 Å². The average molecular weight is 292 g/mol. The van der Waals surface area contributed by atoms with Crippen LogP contribution in [-0.4, -0.2) is 19.7 Å². The van der Waals surface area contributed by atoms with Gasteiger partial charge in [-0.15, -0.1) is 0 Å². The molecule has 0 atom stereocenters. The van der Waals surface area contributed by atoms with E-state index in [1.54, 1.807) is 13.0 Å². The highest BCUT2D eigenvalue weighted by molar-refractivity contribution is 5.51. The van der Waals surface area contributed by atoms with Crippen LogP contribution >= 0.6 is 0 Å². The fourth-order valence-corrected chi connectivity index (χ4v) is 1.92. The monoisotopic (exact) mass is 292 g/mol. The van der Waals surface area contributed by atoms with E-state index in [-0.39, 0.29) is 5.82 Å². The second kappa shape index (κ2) is 5.54. The van der Waals surface area contributed by atoms with Gasteiger partial charge in [0.15, 0.2) is 5.82 Å². The number of nitrogens with two attached hydrogens (primary N) is 1. The summed E-state index contributed by atoms with van der Waals surface area (Å²) >= 11 is 0. The zero-order chi connectivity index (χ0) is 15.5. The first-order valence-electron chi connectivity index (χ1n) is 6.50. The smallest absolute Gasteiger partial charge is 0.224 e. The quantitative estimate of drug-likeness (QED) is 0.794. The summed E-state index contributed by atoms with van der Waals surface area (Å²) in [6.45, 7) is 1.74. The van der Waals surface area contributed by atoms with Gasteiger partial charge in [0.25, 0.3) is 0 Å². The lowest BCUT2D eigenvalue weighted by Gasteiger charge is -2.08. The third-order valence-corrected chi connectivity index (χ3v) is 2.91. The van der Waals surface area contributed by atoms with Gasteiger partial charge in [-0.25, -0.2) is 4.98 Å². The van der Waals surface area contributed by atoms with Crippen molar-refractivity contribution < 1.29 is 4.74 Å². The topological polar surface area (TPSA) is 103 Å². The van der Waals surface area contributed by atoms with E-state index in [2.05, 4.69) is 15.1 Å². The van der Waals surface area contributed by atoms with Gasteiger partial charge in [0.1, 0.15) is 29.0 Å². The molecule has 0 aliphatic rings. The molecular formula is C15H12N6O. The van der Waals surface area contributed by atoms with Gasteiger partial charge in [-0.3, -0.25) is 0 Å². The molecule has 0 aliphatic heterocycles. The van der Waals surface area contributed by atoms with Crippen molar-refractivity contribution >= 4 is 5.82 Å². The van der Waals surface area contributed by atoms with Crippen molar-refractivity contribution in [3.05, 3.63) is 54.0 Å². The number of hydrogen-bond donors (Lipinski definition) is 1. The lowest BCUT2D eigenvalue weighted by molar-refractivity contribution is 0.459. The highest BCUT2D eigenvalue weighted by Crippen LogP contribution is 2.22. The molecule has 0 fully saturated rings. The lowest BCUT2D eigenvalue weighted by atomic mass is 10.3. The van der Waals surface area contributed by atoms with Crippen LogP contribution in [0.4, 0.5) is 5.82 Å². The Labute approximate surface area is 126 Å². The van der Waals surface area contributed by atoms with Crippen LogP contribution in [0.3, 0.4) is 0 Å². The first-order chi connectivity index (χ1) is 10.7. The summed E-state index contributed by atoms with van der Waals surface area (Å²) in [4.78, 5) is 8.51. The maximum absolute atomic E-state index is 8.94. The number of benzene rings is 1. The molecule has 2 aromatic heterocycles. The first-order valence-corrected chi connectivity index (χ1v) is 6.50. The number of nitriles is 1. The maximum atomic E-state index is 8.94. The highest BCUT2D eigenvalue weighted by atomic mass is 16.5. The first kappa shape index (κ1) is 13.6. The Morgan fingerprint density at radius 3 is 2.68 bits per heavy atom. The molecule has 108 valence electrons. The molecule has 2 N–H and O–H groups in total. The number of aromatic nitrogens is 4. The Kier molecular flexibility index (Phi) is 3.42. The van der Waals surface area contributed by atoms with Crippen LogP contribution in [0.15, 0.2) is 42.6 Å². The van der Waals surface area contributed by atoms with Gasteiger partial charge in [0, 0.05) is 6.07 Å². The standard InChI is InChI=1S/C15H12N6O/c1-10-19-13(21-15(17)11(8-16)9-18-21)7-14(20-10)22-12-5-3-2-4-6-12/h2-7,9H,17H2,1H3. The number of para-hydroxylation sites is 1. The number of nitrogen functional groups attached to an aromatic ring is 1. The van der Waals surface area contributed by atoms with E-state index in [1.807, 2.05) is 36.4 Å². The zero-order valence-corrected chi connectivity index (χ0v) is 11.8. The molecule has 3 rings (SSSR count). The molecule has 2 heterocycles. The summed E-state index contributed by atoms with van der Waals surface area (Å²) in [7, 11) is 0. The largest absolute Gasteiger partial charge is 0.439 e. The van der Waals surface area contributed by atoms with Crippen LogP contribution < -0.4 is 10.5 Å². The van der Waals surface area contributed by atoms with Gasteiger partial charge in [0.2, 0.25) is 5.88 Å². The van der Waals surface area contributed by atoms with E-state index in [0.29, 0.717) is 28.8 Å². The molecule has 0 radical (unpaired) electrons. The fourth-order valence-electron chi connectivity index (χ4n) is 1.92. The van der Waals surface area contributed by atoms with E-state index >= 15 is 0 Å². The van der Waals surface area contributed by atoms with E-state index in [9.17, 15) is 0 Å². The Morgan fingerprint density at radius 2 is 2.00 bits per heavy atom. The van der Waals surface area contributed by atoms with Crippen LogP contribution in [0.5, 0.6) is 11.6 Å². The molecule has 0 bridgehead atoms. The summed E-state index contributed by atoms with van der Waals surface area (Å²) in [5, 5.41) is 13.0. The van der Waals surface area contributed by atoms with Gasteiger partial charge in [0.05, 0.1) is 6.20 Å². The van der Waals surface area contributed by atoms with Crippen molar-refractivity contribution in [2.75, 3.05) is 5.73 Å². The highest BCUT2D eigenvalue weighted by Gasteiger charge is 2.12. The van der Waals surface area contributed by atoms with E-state index in [1.165, 1.54) is 10.9 Å². The van der Waals surface area contributed by atoms with Crippen molar-refractivity contribution in [2.24, 2.45) is 0 Å². The summed E-state index contributed by atoms with van der Waals surface area (Å²) in [6, 6.07) is 12.9. The molecular weight excluding hydrogens is 280 g/mol. The minimum absolute atomic E-state index is 0.228. The molecule has 22 heavy (non-hydrogen) atoms. The summed E-state index contributed by atoms with van der Waals surface area (Å²) in [5.41, 5.74) is 6.17. The Bertz CT molecular complexity index is 850. The van der Waals surface area contributed by atoms with Crippen LogP contribution in [0.1, 0.15) is 11.4 Å². The van der Waals surface area contributed by atoms with Crippen LogP contribution in [0.25, 0.3) is 5.82 Å². The van der Waals surface area contributed by atoms with E-state index in [4.69, 9.17) is 15.7 Å². The van der Waals surface area contributed by atoms with Gasteiger partial charge in [-0.1, -0.05) is 18.2 Å². The van der Waals surface area contributed by atoms with Gasteiger partial charge in [-0.2, -0.15) is 20.0 Å². The molecule has 0 saturated carbocycles. The fraction of sp³-hybridized carbons (Fsp3) is 0.0667. The predicted octanol–water partition coefficient (Wildman–Crippen LogP) is 2.22. The number of anilines is 1. The summed E-state index contributed by atoms with van der Waals surface area (Å²) < 4.78 is 7.08. The number of nitrogens with zero attached hydrogens (tertiary/aromatic N) is 5. The molecule has 7 heteroatoms. The van der Waals surface area contributed by atoms with Gasteiger partial charge in [-0.05, 0) is 19.1 Å². The molecule has 0 amide bonds. The normalized spacial score (nSPS) is 10.2. The number of aryl methyl sites for hydroxylation is 1. The minimum atomic E-state index is 0.228. The van der Waals surface area contributed by atoms with Crippen LogP contribution in [0, 0.1) is 18.3 Å². The SMILES string of the molecule is Cc1nc(Oc2ccccc2)cc(-n2ncc(C#N)c2N)n1. The number of rotatable bonds is 3. The number of ether oxygens (including phenoxy) is 1. The zero-order valence-electron chi connectivity index (χ0n) is 11.8. The van der Waals surface area contributed by atoms with E-state index < -0.39 is 0 Å². The molecule has 0 saturated heterocycles. The predicted molar refractivity (Wildman–Crippen MR) is 79.5 cm³/mol. The van der Waals surface area contributed by atoms with Crippen molar-refractivity contribution in [2.45, 2.75) is 6.92 Å². The second-order valence-electron chi connectivity index (χ2n) is 4.49. The van der Waals surface area contributed by atoms with E-state index in [0.717, 1.165) is 0 Å². The van der Waals surface area contributed by atoms with Crippen molar-refractivity contribution in [1.82, 2.24) is 19.7 Å². The molecule has 0 spiro atoms. The molecule has 0 unspecified atom stereocenters. The summed E-state index contributed by atoms with van der Waals surface area (Å²) in [6.07, 6.45) is 1.39. The lowest BCUT2D eigenvalue weighted by Crippen LogP contribution is -2.07. The molecule has 7 nitrogen and oxygen atoms in total. The third-order valence-electron chi connectivity index (χ3n) is 2.91.